The van der Waals surface area contributed by atoms with Crippen molar-refractivity contribution in [2.45, 2.75) is 13.8 Å². The van der Waals surface area contributed by atoms with Crippen molar-refractivity contribution in [2.24, 2.45) is 10.8 Å². The van der Waals surface area contributed by atoms with Gasteiger partial charge in [-0.25, -0.2) is 10.8 Å². The lowest BCUT2D eigenvalue weighted by Crippen LogP contribution is -2.45. The van der Waals surface area contributed by atoms with Crippen molar-refractivity contribution in [1.82, 2.24) is 5.01 Å². The van der Waals surface area contributed by atoms with Gasteiger partial charge in [-0.2, -0.15) is 0 Å². The molecule has 0 unspecified atom stereocenters. The van der Waals surface area contributed by atoms with E-state index < -0.39 is 0 Å². The summed E-state index contributed by atoms with van der Waals surface area (Å²) in [4.78, 5) is 16.4. The fraction of sp³-hybridized carbons (Fsp3) is 0.188. The third-order valence-electron chi connectivity index (χ3n) is 3.62. The van der Waals surface area contributed by atoms with Crippen LogP contribution in [0, 0.1) is 5.41 Å². The molecule has 2 aliphatic heterocycles. The van der Waals surface area contributed by atoms with Gasteiger partial charge in [-0.1, -0.05) is 30.3 Å². The molecule has 0 radical (unpaired) electrons. The second-order valence-electron chi connectivity index (χ2n) is 5.13. The maximum absolute atomic E-state index is 12.1. The lowest BCUT2D eigenvalue weighted by molar-refractivity contribution is -0.113. The van der Waals surface area contributed by atoms with Gasteiger partial charge < -0.3 is 4.74 Å². The van der Waals surface area contributed by atoms with Crippen LogP contribution in [0.4, 0.5) is 0 Å². The first-order valence-corrected chi connectivity index (χ1v) is 6.86. The Hall–Kier alpha value is -2.73. The van der Waals surface area contributed by atoms with Crippen LogP contribution < -0.4 is 5.84 Å². The first-order chi connectivity index (χ1) is 10.5. The molecular weight excluding hydrogens is 280 g/mol. The van der Waals surface area contributed by atoms with Gasteiger partial charge in [0.2, 0.25) is 5.90 Å². The number of ketones is 1. The molecule has 0 fully saturated rings. The van der Waals surface area contributed by atoms with E-state index >= 15 is 0 Å². The van der Waals surface area contributed by atoms with Crippen molar-refractivity contribution in [1.29, 1.82) is 5.41 Å². The Balaban J connectivity index is 2.34. The zero-order valence-corrected chi connectivity index (χ0v) is 12.4. The standard InChI is InChI=1S/C16H16N4O2/c1-9(21)12-10(2)22-16-14(15(17)20(18)8-19-16)13(12)11-6-4-3-5-7-11/h3-7,17H,8,18H2,1-2H3. The van der Waals surface area contributed by atoms with Gasteiger partial charge in [0.15, 0.2) is 5.78 Å². The lowest BCUT2D eigenvalue weighted by atomic mass is 9.87. The van der Waals surface area contributed by atoms with Crippen molar-refractivity contribution < 1.29 is 9.53 Å². The monoisotopic (exact) mass is 296 g/mol. The number of carbonyl (C=O) groups excluding carboxylic acids is 1. The third-order valence-corrected chi connectivity index (χ3v) is 3.62. The van der Waals surface area contributed by atoms with Crippen LogP contribution in [-0.4, -0.2) is 29.2 Å². The number of nitrogens with two attached hydrogens (primary N) is 1. The fourth-order valence-corrected chi connectivity index (χ4v) is 2.66. The summed E-state index contributed by atoms with van der Waals surface area (Å²) < 4.78 is 5.66. The molecular formula is C16H16N4O2. The molecule has 3 N–H and O–H groups in total. The molecule has 22 heavy (non-hydrogen) atoms. The van der Waals surface area contributed by atoms with Crippen LogP contribution in [0.1, 0.15) is 19.4 Å². The molecule has 0 aromatic heterocycles. The number of benzene rings is 1. The number of rotatable bonds is 2. The van der Waals surface area contributed by atoms with E-state index in [1.807, 2.05) is 30.3 Å². The number of hydrogen-bond donors (Lipinski definition) is 2. The molecule has 1 aromatic rings. The number of amidine groups is 1. The Labute approximate surface area is 128 Å². The molecule has 3 rings (SSSR count). The van der Waals surface area contributed by atoms with Crippen LogP contribution in [0.5, 0.6) is 0 Å². The summed E-state index contributed by atoms with van der Waals surface area (Å²) in [6.07, 6.45) is 0. The minimum Gasteiger partial charge on any atom is -0.442 e. The molecule has 0 saturated heterocycles. The number of aliphatic imine (C=N–C) groups is 1. The highest BCUT2D eigenvalue weighted by Crippen LogP contribution is 2.36. The average Bonchev–Trinajstić information content (AvgIpc) is 2.50. The van der Waals surface area contributed by atoms with Gasteiger partial charge in [0.1, 0.15) is 18.3 Å². The predicted molar refractivity (Wildman–Crippen MR) is 83.9 cm³/mol. The largest absolute Gasteiger partial charge is 0.442 e. The van der Waals surface area contributed by atoms with E-state index in [0.29, 0.717) is 28.4 Å². The van der Waals surface area contributed by atoms with E-state index in [0.717, 1.165) is 5.56 Å². The van der Waals surface area contributed by atoms with Crippen molar-refractivity contribution >= 4 is 23.1 Å². The van der Waals surface area contributed by atoms with Crippen molar-refractivity contribution in [3.05, 3.63) is 52.8 Å². The molecule has 6 heteroatoms. The Bertz CT molecular complexity index is 760. The van der Waals surface area contributed by atoms with Gasteiger partial charge in [-0.05, 0) is 19.4 Å². The van der Waals surface area contributed by atoms with E-state index in [9.17, 15) is 4.79 Å². The van der Waals surface area contributed by atoms with Gasteiger partial charge in [0.25, 0.3) is 0 Å². The molecule has 0 saturated carbocycles. The summed E-state index contributed by atoms with van der Waals surface area (Å²) in [6.45, 7) is 3.38. The van der Waals surface area contributed by atoms with Gasteiger partial charge in [-0.15, -0.1) is 0 Å². The van der Waals surface area contributed by atoms with Gasteiger partial charge in [0, 0.05) is 5.57 Å². The first kappa shape index (κ1) is 14.2. The molecule has 1 aromatic carbocycles. The fourth-order valence-electron chi connectivity index (χ4n) is 2.66. The minimum absolute atomic E-state index is 0.0927. The van der Waals surface area contributed by atoms with Crippen molar-refractivity contribution in [3.8, 4) is 0 Å². The van der Waals surface area contributed by atoms with Crippen LogP contribution in [-0.2, 0) is 9.53 Å². The summed E-state index contributed by atoms with van der Waals surface area (Å²) in [7, 11) is 0. The summed E-state index contributed by atoms with van der Waals surface area (Å²) >= 11 is 0. The summed E-state index contributed by atoms with van der Waals surface area (Å²) in [5, 5.41) is 9.47. The predicted octanol–water partition coefficient (Wildman–Crippen LogP) is 1.86. The highest BCUT2D eigenvalue weighted by atomic mass is 16.5. The molecule has 0 aliphatic carbocycles. The second-order valence-corrected chi connectivity index (χ2v) is 5.13. The second kappa shape index (κ2) is 5.23. The Morgan fingerprint density at radius 2 is 2.00 bits per heavy atom. The summed E-state index contributed by atoms with van der Waals surface area (Å²) in [5.74, 6) is 6.60. The molecule has 6 nitrogen and oxygen atoms in total. The van der Waals surface area contributed by atoms with Crippen LogP contribution >= 0.6 is 0 Å². The van der Waals surface area contributed by atoms with Crippen LogP contribution in [0.15, 0.2) is 52.2 Å². The topological polar surface area (TPSA) is 91.8 Å². The van der Waals surface area contributed by atoms with E-state index in [1.54, 1.807) is 6.92 Å². The highest BCUT2D eigenvalue weighted by Gasteiger charge is 2.35. The number of hydrogen-bond acceptors (Lipinski definition) is 5. The Kier molecular flexibility index (Phi) is 3.38. The van der Waals surface area contributed by atoms with E-state index in [-0.39, 0.29) is 18.3 Å². The van der Waals surface area contributed by atoms with E-state index in [4.69, 9.17) is 16.0 Å². The van der Waals surface area contributed by atoms with Crippen molar-refractivity contribution in [3.63, 3.8) is 0 Å². The van der Waals surface area contributed by atoms with Gasteiger partial charge >= 0.3 is 0 Å². The molecule has 0 spiro atoms. The Morgan fingerprint density at radius 1 is 1.32 bits per heavy atom. The molecule has 0 bridgehead atoms. The van der Waals surface area contributed by atoms with Gasteiger partial charge in [-0.3, -0.25) is 15.2 Å². The maximum Gasteiger partial charge on any atom is 0.227 e. The number of carbonyl (C=O) groups is 1. The summed E-state index contributed by atoms with van der Waals surface area (Å²) in [6, 6.07) is 9.45. The highest BCUT2D eigenvalue weighted by molar-refractivity contribution is 6.31. The number of fused-ring (bicyclic) bond motifs is 1. The maximum atomic E-state index is 12.1. The summed E-state index contributed by atoms with van der Waals surface area (Å²) in [5.41, 5.74) is 2.39. The van der Waals surface area contributed by atoms with Crippen LogP contribution in [0.2, 0.25) is 0 Å². The smallest absolute Gasteiger partial charge is 0.227 e. The lowest BCUT2D eigenvalue weighted by Gasteiger charge is -2.31. The average molecular weight is 296 g/mol. The van der Waals surface area contributed by atoms with E-state index in [2.05, 4.69) is 4.99 Å². The number of nitrogens with zero attached hydrogens (tertiary/aromatic N) is 2. The number of Topliss-reactive ketones (excluding diaryl/α,β-unsaturated/α-hetero) is 1. The molecule has 2 heterocycles. The molecule has 0 atom stereocenters. The molecule has 0 amide bonds. The quantitative estimate of drug-likeness (QED) is 0.815. The molecule has 112 valence electrons. The molecule has 2 aliphatic rings. The van der Waals surface area contributed by atoms with Gasteiger partial charge in [0.05, 0.1) is 11.1 Å². The normalized spacial score (nSPS) is 18.0. The van der Waals surface area contributed by atoms with E-state index in [1.165, 1.54) is 11.9 Å². The number of ether oxygens (including phenoxy) is 1. The number of allylic oxidation sites excluding steroid dienone is 3. The minimum atomic E-state index is -0.121. The SMILES string of the molecule is CC(=O)C1=C(C)OC2=NCN(N)C(=N)C2=C1c1ccccc1. The number of hydrazine groups is 1. The Morgan fingerprint density at radius 3 is 2.64 bits per heavy atom. The van der Waals surface area contributed by atoms with Crippen LogP contribution in [0.25, 0.3) is 5.57 Å². The van der Waals surface area contributed by atoms with Crippen LogP contribution in [0.3, 0.4) is 0 Å². The van der Waals surface area contributed by atoms with Crippen molar-refractivity contribution in [2.75, 3.05) is 6.67 Å². The third kappa shape index (κ3) is 2.14. The zero-order valence-electron chi connectivity index (χ0n) is 12.4. The zero-order chi connectivity index (χ0) is 15.9. The number of nitrogens with one attached hydrogen (secondary N) is 1. The first-order valence-electron chi connectivity index (χ1n) is 6.86.